The first-order valence-electron chi connectivity index (χ1n) is 9.60. The van der Waals surface area contributed by atoms with Crippen LogP contribution < -0.4 is 0 Å². The number of alkyl halides is 9. The number of hydrogen-bond acceptors (Lipinski definition) is 5. The summed E-state index contributed by atoms with van der Waals surface area (Å²) >= 11 is 0. The van der Waals surface area contributed by atoms with Crippen molar-refractivity contribution in [3.63, 3.8) is 0 Å². The Morgan fingerprint density at radius 3 is 1.72 bits per heavy atom. The lowest BCUT2D eigenvalue weighted by atomic mass is 9.81. The highest BCUT2D eigenvalue weighted by atomic mass is 32.2. The SMILES string of the molecule is CC(C)(C)c1ccc2c3c(cccc13)C(=O)N(OS(=O)(=O)C(F)(F)C(F)(F)C(F)(F)C(F)(F)F)C2=O. The van der Waals surface area contributed by atoms with Crippen molar-refractivity contribution in [2.75, 3.05) is 0 Å². The smallest absolute Gasteiger partial charge is 0.266 e. The molecule has 2 amide bonds. The number of halogens is 9. The van der Waals surface area contributed by atoms with Crippen LogP contribution in [0, 0.1) is 0 Å². The predicted molar refractivity (Wildman–Crippen MR) is 104 cm³/mol. The number of imide groups is 1. The average molecular weight is 551 g/mol. The standard InChI is InChI=1S/C20H14F9NO5S/c1-16(2,3)12-8-7-11-13-9(12)5-4-6-10(13)14(31)30(15(11)32)35-36(33,34)20(28,29)18(23,24)17(21,22)19(25,26)27/h4-8H,1-3H3. The normalized spacial score (nSPS) is 16.2. The monoisotopic (exact) mass is 551 g/mol. The van der Waals surface area contributed by atoms with Gasteiger partial charge < -0.3 is 0 Å². The molecular formula is C20H14F9NO5S. The lowest BCUT2D eigenvalue weighted by Crippen LogP contribution is -2.64. The molecule has 0 atom stereocenters. The molecule has 3 rings (SSSR count). The van der Waals surface area contributed by atoms with Crippen LogP contribution in [0.15, 0.2) is 30.3 Å². The molecule has 36 heavy (non-hydrogen) atoms. The van der Waals surface area contributed by atoms with E-state index in [4.69, 9.17) is 0 Å². The lowest BCUT2D eigenvalue weighted by Gasteiger charge is -2.34. The third kappa shape index (κ3) is 3.72. The number of amides is 2. The van der Waals surface area contributed by atoms with Crippen LogP contribution in [0.5, 0.6) is 0 Å². The molecule has 0 spiro atoms. The van der Waals surface area contributed by atoms with Gasteiger partial charge in [0.25, 0.3) is 11.8 Å². The van der Waals surface area contributed by atoms with Crippen LogP contribution in [0.1, 0.15) is 47.1 Å². The predicted octanol–water partition coefficient (Wildman–Crippen LogP) is 5.42. The second-order valence-corrected chi connectivity index (χ2v) is 10.3. The van der Waals surface area contributed by atoms with Crippen LogP contribution in [-0.4, -0.2) is 48.6 Å². The van der Waals surface area contributed by atoms with Gasteiger partial charge >= 0.3 is 33.4 Å². The van der Waals surface area contributed by atoms with Gasteiger partial charge in [-0.1, -0.05) is 39.0 Å². The third-order valence-corrected chi connectivity index (χ3v) is 6.51. The van der Waals surface area contributed by atoms with E-state index in [9.17, 15) is 57.5 Å². The molecule has 16 heteroatoms. The number of hydroxylamine groups is 2. The van der Waals surface area contributed by atoms with Crippen LogP contribution in [0.25, 0.3) is 10.8 Å². The van der Waals surface area contributed by atoms with Crippen molar-refractivity contribution in [2.24, 2.45) is 0 Å². The Balaban J connectivity index is 2.11. The van der Waals surface area contributed by atoms with Gasteiger partial charge in [0.15, 0.2) is 0 Å². The lowest BCUT2D eigenvalue weighted by molar-refractivity contribution is -0.383. The van der Waals surface area contributed by atoms with Gasteiger partial charge in [0.2, 0.25) is 0 Å². The largest absolute Gasteiger partial charge is 0.460 e. The van der Waals surface area contributed by atoms with Gasteiger partial charge in [0, 0.05) is 5.39 Å². The highest BCUT2D eigenvalue weighted by Crippen LogP contribution is 2.55. The second kappa shape index (κ2) is 7.81. The van der Waals surface area contributed by atoms with Gasteiger partial charge in [-0.3, -0.25) is 9.59 Å². The Hall–Kier alpha value is -2.88. The second-order valence-electron chi connectivity index (χ2n) is 8.74. The number of benzene rings is 2. The van der Waals surface area contributed by atoms with Crippen molar-refractivity contribution in [3.8, 4) is 0 Å². The van der Waals surface area contributed by atoms with E-state index in [0.717, 1.165) is 12.1 Å². The van der Waals surface area contributed by atoms with Crippen LogP contribution in [0.4, 0.5) is 39.5 Å². The van der Waals surface area contributed by atoms with E-state index in [1.54, 1.807) is 20.8 Å². The summed E-state index contributed by atoms with van der Waals surface area (Å²) in [7, 11) is -7.51. The van der Waals surface area contributed by atoms with E-state index < -0.39 is 66.8 Å². The summed E-state index contributed by atoms with van der Waals surface area (Å²) in [4.78, 5) is 25.5. The van der Waals surface area contributed by atoms with Gasteiger partial charge in [0.1, 0.15) is 0 Å². The molecule has 198 valence electrons. The summed E-state index contributed by atoms with van der Waals surface area (Å²) < 4.78 is 146. The maximum absolute atomic E-state index is 14.0. The minimum atomic E-state index is -7.60. The van der Waals surface area contributed by atoms with E-state index in [0.29, 0.717) is 10.9 Å². The number of nitrogens with zero attached hydrogens (tertiary/aromatic N) is 1. The zero-order chi connectivity index (χ0) is 27.9. The number of carbonyl (C=O) groups is 2. The fraction of sp³-hybridized carbons (Fsp3) is 0.400. The topological polar surface area (TPSA) is 80.8 Å². The van der Waals surface area contributed by atoms with E-state index in [2.05, 4.69) is 4.28 Å². The van der Waals surface area contributed by atoms with Crippen molar-refractivity contribution < 1.29 is 61.8 Å². The van der Waals surface area contributed by atoms with E-state index in [1.807, 2.05) is 0 Å². The van der Waals surface area contributed by atoms with Crippen LogP contribution >= 0.6 is 0 Å². The molecule has 0 bridgehead atoms. The zero-order valence-electron chi connectivity index (χ0n) is 18.2. The number of hydrogen-bond donors (Lipinski definition) is 0. The molecule has 0 saturated heterocycles. The Morgan fingerprint density at radius 1 is 0.750 bits per heavy atom. The number of rotatable bonds is 5. The first-order chi connectivity index (χ1) is 16.0. The summed E-state index contributed by atoms with van der Waals surface area (Å²) in [6.45, 7) is 5.31. The minimum Gasteiger partial charge on any atom is -0.266 e. The number of carbonyl (C=O) groups excluding carboxylic acids is 2. The molecule has 0 aromatic heterocycles. The van der Waals surface area contributed by atoms with Crippen molar-refractivity contribution in [1.29, 1.82) is 0 Å². The maximum Gasteiger partial charge on any atom is 0.460 e. The summed E-state index contributed by atoms with van der Waals surface area (Å²) in [5, 5.41) is -7.93. The van der Waals surface area contributed by atoms with Gasteiger partial charge in [-0.2, -0.15) is 47.9 Å². The zero-order valence-corrected chi connectivity index (χ0v) is 19.0. The van der Waals surface area contributed by atoms with Crippen molar-refractivity contribution in [3.05, 3.63) is 47.0 Å². The highest BCUT2D eigenvalue weighted by molar-refractivity contribution is 7.87. The molecule has 0 saturated carbocycles. The molecule has 1 aliphatic rings. The van der Waals surface area contributed by atoms with Gasteiger partial charge in [0.05, 0.1) is 11.1 Å². The molecule has 0 aliphatic carbocycles. The highest BCUT2D eigenvalue weighted by Gasteiger charge is 2.86. The summed E-state index contributed by atoms with van der Waals surface area (Å²) in [6, 6.07) is 6.15. The summed E-state index contributed by atoms with van der Waals surface area (Å²) in [6.07, 6.45) is -7.30. The van der Waals surface area contributed by atoms with Crippen LogP contribution in [0.2, 0.25) is 0 Å². The fourth-order valence-corrected chi connectivity index (χ4v) is 4.33. The Morgan fingerprint density at radius 2 is 1.25 bits per heavy atom. The molecule has 0 radical (unpaired) electrons. The van der Waals surface area contributed by atoms with E-state index in [1.165, 1.54) is 18.2 Å². The Labute approximate surface area is 196 Å². The van der Waals surface area contributed by atoms with Crippen molar-refractivity contribution in [2.45, 2.75) is 49.5 Å². The molecule has 2 aromatic carbocycles. The molecule has 0 fully saturated rings. The Kier molecular flexibility index (Phi) is 6.01. The molecule has 0 unspecified atom stereocenters. The minimum absolute atomic E-state index is 0.0714. The van der Waals surface area contributed by atoms with Crippen LogP contribution in [0.3, 0.4) is 0 Å². The first-order valence-corrected chi connectivity index (χ1v) is 11.0. The first kappa shape index (κ1) is 27.7. The molecule has 1 heterocycles. The average Bonchev–Trinajstić information content (AvgIpc) is 2.72. The maximum atomic E-state index is 14.0. The molecule has 0 N–H and O–H groups in total. The third-order valence-electron chi connectivity index (χ3n) is 5.28. The van der Waals surface area contributed by atoms with Gasteiger partial charge in [-0.05, 0) is 28.5 Å². The van der Waals surface area contributed by atoms with Crippen molar-refractivity contribution in [1.82, 2.24) is 5.06 Å². The van der Waals surface area contributed by atoms with E-state index >= 15 is 0 Å². The molecule has 2 aromatic rings. The summed E-state index contributed by atoms with van der Waals surface area (Å²) in [5.41, 5.74) is -0.998. The Bertz CT molecular complexity index is 1360. The molecule has 6 nitrogen and oxygen atoms in total. The van der Waals surface area contributed by atoms with Gasteiger partial charge in [-0.15, -0.1) is 9.35 Å². The fourth-order valence-electron chi connectivity index (χ4n) is 3.46. The molecule has 1 aliphatic heterocycles. The summed E-state index contributed by atoms with van der Waals surface area (Å²) in [5.74, 6) is -18.7. The quantitative estimate of drug-likeness (QED) is 0.366. The van der Waals surface area contributed by atoms with E-state index in [-0.39, 0.29) is 5.39 Å². The van der Waals surface area contributed by atoms with Gasteiger partial charge in [-0.25, -0.2) is 0 Å². The molecular weight excluding hydrogens is 537 g/mol. The van der Waals surface area contributed by atoms with Crippen molar-refractivity contribution >= 4 is 32.7 Å². The van der Waals surface area contributed by atoms with Crippen LogP contribution in [-0.2, 0) is 19.8 Å².